The lowest BCUT2D eigenvalue weighted by Gasteiger charge is -2.68. The van der Waals surface area contributed by atoms with Gasteiger partial charge >= 0.3 is 30.0 Å². The van der Waals surface area contributed by atoms with Crippen LogP contribution >= 0.6 is 0 Å². The molecule has 1 unspecified atom stereocenters. The molecule has 16 nitrogen and oxygen atoms in total. The van der Waals surface area contributed by atoms with E-state index in [1.807, 2.05) is 0 Å². The molecule has 1 heterocycles. The molecule has 1 amide bonds. The Morgan fingerprint density at radius 2 is 1.61 bits per heavy atom. The monoisotopic (exact) mass is 893 g/mol. The summed E-state index contributed by atoms with van der Waals surface area (Å²) in [5, 5.41) is 16.5. The summed E-state index contributed by atoms with van der Waals surface area (Å²) < 4.78 is 66.5. The van der Waals surface area contributed by atoms with Gasteiger partial charge in [0.15, 0.2) is 5.60 Å². The van der Waals surface area contributed by atoms with Crippen molar-refractivity contribution in [2.45, 2.75) is 141 Å². The minimum atomic E-state index is -3.05. The van der Waals surface area contributed by atoms with Gasteiger partial charge in [-0.2, -0.15) is 0 Å². The quantitative estimate of drug-likeness (QED) is 0.152. The molecule has 3 aliphatic carbocycles. The Morgan fingerprint density at radius 1 is 0.984 bits per heavy atom. The van der Waals surface area contributed by atoms with Gasteiger partial charge in [-0.15, -0.1) is 0 Å². The van der Waals surface area contributed by atoms with E-state index in [0.29, 0.717) is 11.1 Å². The first-order chi connectivity index (χ1) is 31.0. The standard InChI is InChI=1S/C48H62N2O14/c1-25-31(60-42(55)36(61-40(53)27(3)49)35(29-18-14-12-15-19-29)50-43(56)64-44(5,6)7)23-48(57)39(62-41(54)30-20-16-13-17-21-30)37-46(10,38(52)26(2)34(25)45(48,8)9)32(58-11)22-33-47(37,24-59-33)63-28(4)51/h12-21,26-27,31-33,35-37,39,57H,22-24,49H2,1-11H3,(H,50,56)/t26-,27?,31+,32+,33-,35+,36-,37+,39+,46-,47+,48-/m1/s1/i11D3. The Kier molecular flexibility index (Phi) is 12.2. The Bertz CT molecular complexity index is 2280. The van der Waals surface area contributed by atoms with Crippen LogP contribution in [0.5, 0.6) is 0 Å². The average molecular weight is 894 g/mol. The van der Waals surface area contributed by atoms with Gasteiger partial charge in [0.1, 0.15) is 47.4 Å². The lowest BCUT2D eigenvalue weighted by Crippen LogP contribution is -2.81. The second-order valence-electron chi connectivity index (χ2n) is 19.2. The predicted molar refractivity (Wildman–Crippen MR) is 229 cm³/mol. The van der Waals surface area contributed by atoms with Gasteiger partial charge in [0.25, 0.3) is 0 Å². The van der Waals surface area contributed by atoms with E-state index in [2.05, 4.69) is 5.32 Å². The van der Waals surface area contributed by atoms with Gasteiger partial charge in [-0.1, -0.05) is 69.3 Å². The third-order valence-corrected chi connectivity index (χ3v) is 13.6. The first-order valence-corrected chi connectivity index (χ1v) is 21.4. The molecule has 2 bridgehead atoms. The molecule has 1 saturated heterocycles. The molecule has 4 N–H and O–H groups in total. The lowest BCUT2D eigenvalue weighted by atomic mass is 9.43. The SMILES string of the molecule is [2H]C([2H])([2H])O[C@H]1C[C@H]2OC[C@@]2(OC(C)=O)[C@H]2[C@H](OC(=O)c3ccccc3)[C@]3(O)C[C@H](OC(=O)[C@H](OC(=O)C(C)N)[C@@H](NC(=O)OC(C)(C)C)c4ccccc4)C(C)=C([C@@H](C)C(=O)[C@]12C)C3(C)C. The molecule has 12 atom stereocenters. The Hall–Kier alpha value is -5.16. The van der Waals surface area contributed by atoms with Gasteiger partial charge in [-0.05, 0) is 70.4 Å². The number of hydrogen-bond donors (Lipinski definition) is 3. The van der Waals surface area contributed by atoms with E-state index in [4.69, 9.17) is 43.0 Å². The molecule has 2 aromatic rings. The highest BCUT2D eigenvalue weighted by molar-refractivity contribution is 5.92. The number of Topliss-reactive ketones (excluding diaryl/α,β-unsaturated/α-hetero) is 1. The predicted octanol–water partition coefficient (Wildman–Crippen LogP) is 5.09. The van der Waals surface area contributed by atoms with Crippen LogP contribution in [0.3, 0.4) is 0 Å². The number of nitrogens with two attached hydrogens (primary N) is 1. The Morgan fingerprint density at radius 3 is 2.16 bits per heavy atom. The molecule has 1 aliphatic heterocycles. The highest BCUT2D eigenvalue weighted by Crippen LogP contribution is 2.65. The van der Waals surface area contributed by atoms with E-state index in [0.717, 1.165) is 6.92 Å². The second kappa shape index (κ2) is 17.7. The number of carbonyl (C=O) groups is 6. The van der Waals surface area contributed by atoms with Gasteiger partial charge in [-0.25, -0.2) is 14.4 Å². The number of rotatable bonds is 11. The largest absolute Gasteiger partial charge is 0.455 e. The summed E-state index contributed by atoms with van der Waals surface area (Å²) >= 11 is 0. The fraction of sp³-hybridized carbons (Fsp3) is 0.583. The van der Waals surface area contributed by atoms with Crippen LogP contribution in [0.2, 0.25) is 0 Å². The molecule has 2 saturated carbocycles. The van der Waals surface area contributed by atoms with Crippen LogP contribution in [0, 0.1) is 22.7 Å². The summed E-state index contributed by atoms with van der Waals surface area (Å²) in [6.07, 6.45) is -9.51. The van der Waals surface area contributed by atoms with Crippen molar-refractivity contribution in [1.82, 2.24) is 5.32 Å². The number of hydrogen-bond acceptors (Lipinski definition) is 15. The van der Waals surface area contributed by atoms with Crippen LogP contribution in [0.4, 0.5) is 4.79 Å². The number of ether oxygens (including phenoxy) is 7. The molecule has 2 aromatic carbocycles. The number of carbonyl (C=O) groups excluding carboxylic acids is 6. The lowest BCUT2D eigenvalue weighted by molar-refractivity contribution is -0.346. The number of amides is 1. The number of aliphatic hydroxyl groups is 1. The maximum atomic E-state index is 15.7. The molecule has 4 aliphatic rings. The normalized spacial score (nSPS) is 32.9. The molecule has 64 heavy (non-hydrogen) atoms. The topological polar surface area (TPSA) is 225 Å². The maximum Gasteiger partial charge on any atom is 0.408 e. The highest BCUT2D eigenvalue weighted by atomic mass is 16.6. The maximum absolute atomic E-state index is 15.7. The van der Waals surface area contributed by atoms with E-state index in [1.54, 1.807) is 97.0 Å². The summed E-state index contributed by atoms with van der Waals surface area (Å²) in [7, 11) is -3.05. The van der Waals surface area contributed by atoms with E-state index in [9.17, 15) is 29.1 Å². The minimum absolute atomic E-state index is 0.0513. The van der Waals surface area contributed by atoms with Gasteiger partial charge in [0.2, 0.25) is 6.10 Å². The summed E-state index contributed by atoms with van der Waals surface area (Å²) in [5.74, 6) is -7.30. The van der Waals surface area contributed by atoms with Gasteiger partial charge in [-0.3, -0.25) is 14.4 Å². The van der Waals surface area contributed by atoms with Crippen LogP contribution in [0.1, 0.15) is 108 Å². The van der Waals surface area contributed by atoms with E-state index < -0.39 is 131 Å². The molecule has 348 valence electrons. The molecule has 3 fully saturated rings. The van der Waals surface area contributed by atoms with E-state index in [-0.39, 0.29) is 24.2 Å². The van der Waals surface area contributed by atoms with Crippen molar-refractivity contribution in [3.63, 3.8) is 0 Å². The smallest absolute Gasteiger partial charge is 0.408 e. The number of nitrogens with one attached hydrogen (secondary N) is 1. The molecule has 0 radical (unpaired) electrons. The van der Waals surface area contributed by atoms with Crippen molar-refractivity contribution in [3.05, 3.63) is 82.9 Å². The van der Waals surface area contributed by atoms with Crippen molar-refractivity contribution in [1.29, 1.82) is 0 Å². The van der Waals surface area contributed by atoms with Crippen LogP contribution in [0.15, 0.2) is 71.8 Å². The highest BCUT2D eigenvalue weighted by Gasteiger charge is 2.78. The number of methoxy groups -OCH3 is 1. The summed E-state index contributed by atoms with van der Waals surface area (Å²) in [5.41, 5.74) is -1.78. The van der Waals surface area contributed by atoms with Crippen LogP contribution in [-0.4, -0.2) is 108 Å². The number of fused-ring (bicyclic) bond motifs is 5. The average Bonchev–Trinajstić information content (AvgIpc) is 3.22. The minimum Gasteiger partial charge on any atom is -0.455 e. The summed E-state index contributed by atoms with van der Waals surface area (Å²) in [6.45, 7) is 15.0. The van der Waals surface area contributed by atoms with E-state index in [1.165, 1.54) is 26.0 Å². The third kappa shape index (κ3) is 8.45. The zero-order chi connectivity index (χ0) is 49.8. The molecule has 16 heteroatoms. The zero-order valence-electron chi connectivity index (χ0n) is 40.9. The Labute approximate surface area is 378 Å². The molecule has 0 aromatic heterocycles. The van der Waals surface area contributed by atoms with Crippen LogP contribution < -0.4 is 11.1 Å². The fourth-order valence-electron chi connectivity index (χ4n) is 10.5. The number of alkyl carbamates (subject to hydrolysis) is 1. The third-order valence-electron chi connectivity index (χ3n) is 13.6. The first-order valence-electron chi connectivity index (χ1n) is 22.9. The zero-order valence-corrected chi connectivity index (χ0v) is 37.9. The van der Waals surface area contributed by atoms with Crippen molar-refractivity contribution in [2.24, 2.45) is 28.4 Å². The molecular formula is C48H62N2O14. The molecule has 0 spiro atoms. The van der Waals surface area contributed by atoms with Gasteiger partial charge < -0.3 is 49.3 Å². The number of ketones is 1. The first kappa shape index (κ1) is 44.1. The van der Waals surface area contributed by atoms with E-state index >= 15 is 4.79 Å². The van der Waals surface area contributed by atoms with Crippen molar-refractivity contribution < 1.29 is 71.1 Å². The molecule has 6 rings (SSSR count). The number of benzene rings is 2. The fourth-order valence-corrected chi connectivity index (χ4v) is 10.5. The Balaban J connectivity index is 1.57. The second-order valence-corrected chi connectivity index (χ2v) is 19.2. The van der Waals surface area contributed by atoms with Crippen molar-refractivity contribution in [2.75, 3.05) is 13.6 Å². The van der Waals surface area contributed by atoms with Gasteiger partial charge in [0.05, 0.1) is 33.7 Å². The summed E-state index contributed by atoms with van der Waals surface area (Å²) in [4.78, 5) is 85.0. The van der Waals surface area contributed by atoms with Crippen LogP contribution in [0.25, 0.3) is 0 Å². The van der Waals surface area contributed by atoms with Crippen molar-refractivity contribution in [3.8, 4) is 0 Å². The summed E-state index contributed by atoms with van der Waals surface area (Å²) in [6, 6.07) is 13.3. The van der Waals surface area contributed by atoms with Crippen LogP contribution in [-0.2, 0) is 52.3 Å². The number of esters is 4. The molecular weight excluding hydrogens is 829 g/mol. The van der Waals surface area contributed by atoms with Crippen molar-refractivity contribution >= 4 is 35.8 Å². The van der Waals surface area contributed by atoms with Gasteiger partial charge in [0, 0.05) is 38.1 Å².